The molecule has 0 amide bonds. The summed E-state index contributed by atoms with van der Waals surface area (Å²) in [6, 6.07) is 4.43. The lowest BCUT2D eigenvalue weighted by Crippen LogP contribution is -1.97. The van der Waals surface area contributed by atoms with Crippen LogP contribution in [0.5, 0.6) is 0 Å². The topological polar surface area (TPSA) is 79.2 Å². The Morgan fingerprint density at radius 3 is 1.48 bits per heavy atom. The number of aromatic amines is 2. The first-order valence-electron chi connectivity index (χ1n) is 7.28. The highest BCUT2D eigenvalue weighted by Crippen LogP contribution is 2.25. The van der Waals surface area contributed by atoms with E-state index >= 15 is 0 Å². The van der Waals surface area contributed by atoms with Crippen LogP contribution < -0.4 is 0 Å². The molecule has 0 saturated heterocycles. The van der Waals surface area contributed by atoms with Gasteiger partial charge in [-0.3, -0.25) is 0 Å². The average Bonchev–Trinajstić information content (AvgIpc) is 2.95. The predicted molar refractivity (Wildman–Crippen MR) is 82.1 cm³/mol. The third-order valence-electron chi connectivity index (χ3n) is 4.22. The number of aromatic nitrogens is 2. The second-order valence-electron chi connectivity index (χ2n) is 5.27. The smallest absolute Gasteiger partial charge is 0.121 e. The number of nitrogens with zero attached hydrogens (tertiary/aromatic N) is 2. The van der Waals surface area contributed by atoms with Gasteiger partial charge < -0.3 is 9.97 Å². The fourth-order valence-corrected chi connectivity index (χ4v) is 3.05. The minimum Gasteiger partial charge on any atom is -0.349 e. The number of nitrogens with one attached hydrogen (secondary N) is 2. The van der Waals surface area contributed by atoms with Gasteiger partial charge in [0.15, 0.2) is 0 Å². The van der Waals surface area contributed by atoms with E-state index in [1.165, 1.54) is 11.1 Å². The average molecular weight is 280 g/mol. The molecule has 2 aromatic rings. The number of nitriles is 2. The molecule has 21 heavy (non-hydrogen) atoms. The molecule has 2 heterocycles. The maximum Gasteiger partial charge on any atom is 0.121 e. The molecule has 0 unspecified atom stereocenters. The van der Waals surface area contributed by atoms with Crippen molar-refractivity contribution in [1.82, 2.24) is 9.97 Å². The molecule has 0 atom stereocenters. The Labute approximate surface area is 125 Å². The van der Waals surface area contributed by atoms with Gasteiger partial charge in [-0.1, -0.05) is 13.8 Å². The largest absolute Gasteiger partial charge is 0.349 e. The van der Waals surface area contributed by atoms with Crippen molar-refractivity contribution in [2.24, 2.45) is 0 Å². The highest BCUT2D eigenvalue weighted by molar-refractivity contribution is 5.47. The van der Waals surface area contributed by atoms with Crippen LogP contribution in [0.2, 0.25) is 0 Å². The van der Waals surface area contributed by atoms with Gasteiger partial charge in [0, 0.05) is 17.8 Å². The SMILES string of the molecule is CCc1c(Cc2[nH]c(C#N)c(C)c2CC)[nH]c(C#N)c1C. The molecule has 2 N–H and O–H groups in total. The molecule has 0 fully saturated rings. The fraction of sp³-hybridized carbons (Fsp3) is 0.412. The number of hydrogen-bond donors (Lipinski definition) is 2. The molecule has 0 aliphatic rings. The summed E-state index contributed by atoms with van der Waals surface area (Å²) in [6.07, 6.45) is 2.49. The van der Waals surface area contributed by atoms with Gasteiger partial charge in [-0.15, -0.1) is 0 Å². The van der Waals surface area contributed by atoms with E-state index in [0.717, 1.165) is 35.4 Å². The fourth-order valence-electron chi connectivity index (χ4n) is 3.05. The number of H-pyrrole nitrogens is 2. The summed E-state index contributed by atoms with van der Waals surface area (Å²) in [5.41, 5.74) is 7.93. The zero-order valence-electron chi connectivity index (χ0n) is 13.0. The van der Waals surface area contributed by atoms with Crippen LogP contribution >= 0.6 is 0 Å². The molecule has 4 heteroatoms. The van der Waals surface area contributed by atoms with Crippen molar-refractivity contribution in [2.45, 2.75) is 47.0 Å². The van der Waals surface area contributed by atoms with Crippen LogP contribution in [0, 0.1) is 36.5 Å². The first kappa shape index (κ1) is 14.9. The molecule has 2 aromatic heterocycles. The van der Waals surface area contributed by atoms with E-state index < -0.39 is 0 Å². The van der Waals surface area contributed by atoms with Crippen molar-refractivity contribution < 1.29 is 0 Å². The molecule has 0 aliphatic heterocycles. The Kier molecular flexibility index (Phi) is 4.19. The monoisotopic (exact) mass is 280 g/mol. The molecular formula is C17H20N4. The number of rotatable bonds is 4. The van der Waals surface area contributed by atoms with Gasteiger partial charge in [0.1, 0.15) is 23.5 Å². The lowest BCUT2D eigenvalue weighted by Gasteiger charge is -2.05. The van der Waals surface area contributed by atoms with E-state index in [1.807, 2.05) is 13.8 Å². The second kappa shape index (κ2) is 5.89. The first-order valence-corrected chi connectivity index (χ1v) is 7.28. The molecule has 0 spiro atoms. The molecule has 4 nitrogen and oxygen atoms in total. The van der Waals surface area contributed by atoms with E-state index in [1.54, 1.807) is 0 Å². The summed E-state index contributed by atoms with van der Waals surface area (Å²) >= 11 is 0. The van der Waals surface area contributed by atoms with Gasteiger partial charge in [0.05, 0.1) is 0 Å². The lowest BCUT2D eigenvalue weighted by atomic mass is 10.0. The van der Waals surface area contributed by atoms with Crippen molar-refractivity contribution in [3.63, 3.8) is 0 Å². The molecule has 0 aromatic carbocycles. The Hall–Kier alpha value is -2.46. The maximum atomic E-state index is 9.17. The zero-order chi connectivity index (χ0) is 15.6. The third kappa shape index (κ3) is 2.45. The standard InChI is InChI=1S/C17H20N4/c1-5-12-10(3)16(8-18)20-14(12)7-15-13(6-2)11(4)17(9-19)21-15/h20-21H,5-7H2,1-4H3. The predicted octanol–water partition coefficient (Wildman–Crippen LogP) is 3.42. The van der Waals surface area contributed by atoms with E-state index in [0.29, 0.717) is 17.8 Å². The van der Waals surface area contributed by atoms with Crippen molar-refractivity contribution >= 4 is 0 Å². The summed E-state index contributed by atoms with van der Waals surface area (Å²) in [7, 11) is 0. The number of hydrogen-bond acceptors (Lipinski definition) is 2. The van der Waals surface area contributed by atoms with E-state index in [9.17, 15) is 10.5 Å². The molecule has 0 saturated carbocycles. The molecule has 0 aliphatic carbocycles. The van der Waals surface area contributed by atoms with Gasteiger partial charge in [0.2, 0.25) is 0 Å². The summed E-state index contributed by atoms with van der Waals surface area (Å²) in [5.74, 6) is 0. The lowest BCUT2D eigenvalue weighted by molar-refractivity contribution is 0.964. The molecule has 0 radical (unpaired) electrons. The van der Waals surface area contributed by atoms with Crippen molar-refractivity contribution in [3.05, 3.63) is 45.0 Å². The Morgan fingerprint density at radius 2 is 1.19 bits per heavy atom. The van der Waals surface area contributed by atoms with Crippen molar-refractivity contribution in [2.75, 3.05) is 0 Å². The minimum absolute atomic E-state index is 0.642. The molecule has 2 rings (SSSR count). The highest BCUT2D eigenvalue weighted by Gasteiger charge is 2.17. The van der Waals surface area contributed by atoms with Crippen LogP contribution in [0.4, 0.5) is 0 Å². The summed E-state index contributed by atoms with van der Waals surface area (Å²) in [4.78, 5) is 6.47. The van der Waals surface area contributed by atoms with Gasteiger partial charge >= 0.3 is 0 Å². The molecular weight excluding hydrogens is 260 g/mol. The zero-order valence-corrected chi connectivity index (χ0v) is 13.0. The summed E-state index contributed by atoms with van der Waals surface area (Å²) < 4.78 is 0. The quantitative estimate of drug-likeness (QED) is 0.900. The molecule has 0 bridgehead atoms. The van der Waals surface area contributed by atoms with Crippen molar-refractivity contribution in [3.8, 4) is 12.1 Å². The van der Waals surface area contributed by atoms with Gasteiger partial charge in [0.25, 0.3) is 0 Å². The Bertz CT molecular complexity index is 683. The Balaban J connectivity index is 2.49. The van der Waals surface area contributed by atoms with E-state index in [-0.39, 0.29) is 0 Å². The van der Waals surface area contributed by atoms with Gasteiger partial charge in [-0.25, -0.2) is 0 Å². The second-order valence-corrected chi connectivity index (χ2v) is 5.27. The maximum absolute atomic E-state index is 9.17. The molecule has 108 valence electrons. The first-order chi connectivity index (χ1) is 10.1. The Morgan fingerprint density at radius 1 is 0.810 bits per heavy atom. The minimum atomic E-state index is 0.642. The van der Waals surface area contributed by atoms with Crippen LogP contribution in [0.15, 0.2) is 0 Å². The van der Waals surface area contributed by atoms with Crippen molar-refractivity contribution in [1.29, 1.82) is 10.5 Å². The normalized spacial score (nSPS) is 10.4. The van der Waals surface area contributed by atoms with Crippen LogP contribution in [-0.4, -0.2) is 9.97 Å². The summed E-state index contributed by atoms with van der Waals surface area (Å²) in [5, 5.41) is 18.3. The van der Waals surface area contributed by atoms with Crippen LogP contribution in [-0.2, 0) is 19.3 Å². The highest BCUT2D eigenvalue weighted by atomic mass is 14.8. The summed E-state index contributed by atoms with van der Waals surface area (Å²) in [6.45, 7) is 8.17. The van der Waals surface area contributed by atoms with Gasteiger partial charge in [-0.2, -0.15) is 10.5 Å². The van der Waals surface area contributed by atoms with E-state index in [4.69, 9.17) is 0 Å². The van der Waals surface area contributed by atoms with Crippen LogP contribution in [0.3, 0.4) is 0 Å². The van der Waals surface area contributed by atoms with Crippen LogP contribution in [0.1, 0.15) is 58.9 Å². The van der Waals surface area contributed by atoms with Gasteiger partial charge in [-0.05, 0) is 48.9 Å². The van der Waals surface area contributed by atoms with E-state index in [2.05, 4.69) is 36.0 Å². The third-order valence-corrected chi connectivity index (χ3v) is 4.22. The van der Waals surface area contributed by atoms with Crippen LogP contribution in [0.25, 0.3) is 0 Å².